The fourth-order valence-electron chi connectivity index (χ4n) is 2.22. The summed E-state index contributed by atoms with van der Waals surface area (Å²) in [5.74, 6) is 0. The summed E-state index contributed by atoms with van der Waals surface area (Å²) in [6, 6.07) is 0. The number of H-pyrrole nitrogens is 1. The van der Waals surface area contributed by atoms with Gasteiger partial charge in [0.05, 0.1) is 25.4 Å². The number of aliphatic hydroxyl groups excluding tert-OH is 1. The number of aliphatic hydroxyl groups is 1. The average molecular weight is 289 g/mol. The number of morpholine rings is 1. The average Bonchev–Trinajstić information content (AvgIpc) is 2.70. The molecule has 8 heteroatoms. The summed E-state index contributed by atoms with van der Waals surface area (Å²) in [5.41, 5.74) is 0.255. The van der Waals surface area contributed by atoms with E-state index in [4.69, 9.17) is 4.74 Å². The molecule has 108 valence electrons. The van der Waals surface area contributed by atoms with Gasteiger partial charge in [-0.2, -0.15) is 9.40 Å². The Hall–Kier alpha value is -0.960. The van der Waals surface area contributed by atoms with Gasteiger partial charge in [-0.3, -0.25) is 5.10 Å². The van der Waals surface area contributed by atoms with Crippen LogP contribution in [0.3, 0.4) is 0 Å². The Balaban J connectivity index is 2.47. The lowest BCUT2D eigenvalue weighted by molar-refractivity contribution is -0.00786. The topological polar surface area (TPSA) is 95.5 Å². The van der Waals surface area contributed by atoms with E-state index in [0.29, 0.717) is 24.5 Å². The highest BCUT2D eigenvalue weighted by Gasteiger charge is 2.41. The van der Waals surface area contributed by atoms with E-state index in [1.807, 2.05) is 13.8 Å². The first kappa shape index (κ1) is 14.4. The van der Waals surface area contributed by atoms with Crippen LogP contribution < -0.4 is 0 Å². The number of aryl methyl sites for hydroxylation is 1. The number of nitrogens with zero attached hydrogens (tertiary/aromatic N) is 2. The summed E-state index contributed by atoms with van der Waals surface area (Å²) in [5, 5.41) is 15.7. The van der Waals surface area contributed by atoms with Crippen LogP contribution >= 0.6 is 0 Å². The molecule has 0 bridgehead atoms. The highest BCUT2D eigenvalue weighted by Crippen LogP contribution is 2.28. The maximum absolute atomic E-state index is 12.7. The number of hydrogen-bond acceptors (Lipinski definition) is 5. The van der Waals surface area contributed by atoms with Crippen LogP contribution in [0.1, 0.15) is 25.1 Å². The van der Waals surface area contributed by atoms with Crippen molar-refractivity contribution in [2.75, 3.05) is 19.8 Å². The van der Waals surface area contributed by atoms with E-state index in [-0.39, 0.29) is 18.2 Å². The Labute approximate surface area is 112 Å². The van der Waals surface area contributed by atoms with Crippen LogP contribution in [0, 0.1) is 6.92 Å². The third-order valence-electron chi connectivity index (χ3n) is 3.30. The lowest BCUT2D eigenvalue weighted by Gasteiger charge is -2.40. The Morgan fingerprint density at radius 1 is 1.53 bits per heavy atom. The van der Waals surface area contributed by atoms with Gasteiger partial charge in [-0.15, -0.1) is 0 Å². The van der Waals surface area contributed by atoms with Crippen LogP contribution in [-0.4, -0.2) is 53.3 Å². The van der Waals surface area contributed by atoms with Crippen molar-refractivity contribution in [3.63, 3.8) is 0 Å². The molecule has 0 saturated carbocycles. The van der Waals surface area contributed by atoms with Crippen LogP contribution in [-0.2, 0) is 21.4 Å². The molecule has 2 rings (SSSR count). The van der Waals surface area contributed by atoms with Gasteiger partial charge in [0.15, 0.2) is 5.03 Å². The lowest BCUT2D eigenvalue weighted by Crippen LogP contribution is -2.55. The molecule has 0 aliphatic carbocycles. The number of aromatic amines is 1. The first-order chi connectivity index (χ1) is 8.80. The largest absolute Gasteiger partial charge is 0.392 e. The molecular formula is C11H19N3O4S. The molecular weight excluding hydrogens is 270 g/mol. The fourth-order valence-corrected chi connectivity index (χ4v) is 4.14. The van der Waals surface area contributed by atoms with Crippen LogP contribution in [0.15, 0.2) is 5.03 Å². The summed E-state index contributed by atoms with van der Waals surface area (Å²) < 4.78 is 32.1. The number of rotatable bonds is 3. The van der Waals surface area contributed by atoms with Crippen molar-refractivity contribution in [2.24, 2.45) is 0 Å². The van der Waals surface area contributed by atoms with Crippen LogP contribution in [0.25, 0.3) is 0 Å². The van der Waals surface area contributed by atoms with Gasteiger partial charge in [-0.05, 0) is 20.8 Å². The molecule has 0 spiro atoms. The first-order valence-corrected chi connectivity index (χ1v) is 7.50. The number of aromatic nitrogens is 2. The molecule has 19 heavy (non-hydrogen) atoms. The lowest BCUT2D eigenvalue weighted by atomic mass is 10.1. The van der Waals surface area contributed by atoms with Crippen molar-refractivity contribution in [1.82, 2.24) is 14.5 Å². The maximum atomic E-state index is 12.7. The molecule has 2 N–H and O–H groups in total. The number of nitrogens with one attached hydrogen (secondary N) is 1. The number of hydrogen-bond donors (Lipinski definition) is 2. The van der Waals surface area contributed by atoms with Crippen molar-refractivity contribution < 1.29 is 18.3 Å². The highest BCUT2D eigenvalue weighted by atomic mass is 32.2. The maximum Gasteiger partial charge on any atom is 0.263 e. The van der Waals surface area contributed by atoms with E-state index >= 15 is 0 Å². The minimum Gasteiger partial charge on any atom is -0.392 e. The zero-order valence-corrected chi connectivity index (χ0v) is 12.1. The summed E-state index contributed by atoms with van der Waals surface area (Å²) in [7, 11) is -3.74. The van der Waals surface area contributed by atoms with Gasteiger partial charge >= 0.3 is 0 Å². The van der Waals surface area contributed by atoms with Crippen molar-refractivity contribution in [3.8, 4) is 0 Å². The minimum atomic E-state index is -3.74. The van der Waals surface area contributed by atoms with E-state index in [0.717, 1.165) is 0 Å². The van der Waals surface area contributed by atoms with E-state index in [2.05, 4.69) is 10.2 Å². The molecule has 1 aromatic heterocycles. The Morgan fingerprint density at radius 3 is 2.79 bits per heavy atom. The summed E-state index contributed by atoms with van der Waals surface area (Å²) in [6.07, 6.45) is 0. The molecule has 1 saturated heterocycles. The molecule has 0 radical (unpaired) electrons. The van der Waals surface area contributed by atoms with Crippen molar-refractivity contribution in [2.45, 2.75) is 37.9 Å². The Kier molecular flexibility index (Phi) is 3.69. The zero-order chi connectivity index (χ0) is 14.3. The van der Waals surface area contributed by atoms with Crippen molar-refractivity contribution >= 4 is 10.0 Å². The predicted molar refractivity (Wildman–Crippen MR) is 68.0 cm³/mol. The molecule has 7 nitrogen and oxygen atoms in total. The second-order valence-corrected chi connectivity index (χ2v) is 7.01. The summed E-state index contributed by atoms with van der Waals surface area (Å²) >= 11 is 0. The summed E-state index contributed by atoms with van der Waals surface area (Å²) in [6.45, 7) is 5.92. The normalized spacial score (nSPS) is 20.6. The van der Waals surface area contributed by atoms with Gasteiger partial charge in [0, 0.05) is 17.8 Å². The molecule has 1 aliphatic rings. The highest BCUT2D eigenvalue weighted by molar-refractivity contribution is 7.89. The van der Waals surface area contributed by atoms with Gasteiger partial charge in [0.2, 0.25) is 0 Å². The van der Waals surface area contributed by atoms with E-state index in [1.165, 1.54) is 4.31 Å². The first-order valence-electron chi connectivity index (χ1n) is 6.06. The summed E-state index contributed by atoms with van der Waals surface area (Å²) in [4.78, 5) is 0. The van der Waals surface area contributed by atoms with Gasteiger partial charge in [0.1, 0.15) is 0 Å². The van der Waals surface area contributed by atoms with Crippen LogP contribution in [0.2, 0.25) is 0 Å². The van der Waals surface area contributed by atoms with E-state index in [1.54, 1.807) is 6.92 Å². The fraction of sp³-hybridized carbons (Fsp3) is 0.727. The number of sulfonamides is 1. The molecule has 0 atom stereocenters. The van der Waals surface area contributed by atoms with Crippen molar-refractivity contribution in [1.29, 1.82) is 0 Å². The second kappa shape index (κ2) is 4.86. The Bertz CT molecular complexity index is 564. The van der Waals surface area contributed by atoms with Gasteiger partial charge in [-0.1, -0.05) is 0 Å². The quantitative estimate of drug-likeness (QED) is 0.817. The monoisotopic (exact) mass is 289 g/mol. The third-order valence-corrected chi connectivity index (χ3v) is 5.38. The molecule has 0 amide bonds. The Morgan fingerprint density at radius 2 is 2.21 bits per heavy atom. The minimum absolute atomic E-state index is 0.0949. The predicted octanol–water partition coefficient (Wildman–Crippen LogP) is 0.00992. The number of ether oxygens (including phenoxy) is 1. The third kappa shape index (κ3) is 2.40. The molecule has 0 unspecified atom stereocenters. The van der Waals surface area contributed by atoms with Crippen LogP contribution in [0.5, 0.6) is 0 Å². The molecule has 1 aromatic rings. The molecule has 2 heterocycles. The van der Waals surface area contributed by atoms with Crippen molar-refractivity contribution in [3.05, 3.63) is 11.3 Å². The van der Waals surface area contributed by atoms with E-state index < -0.39 is 15.6 Å². The standard InChI is InChI=1S/C11H19N3O4S/c1-8-9(6-15)10(13-12-8)19(16,17)14-4-5-18-7-11(14,2)3/h15H,4-7H2,1-3H3,(H,12,13). The van der Waals surface area contributed by atoms with Crippen LogP contribution in [0.4, 0.5) is 0 Å². The SMILES string of the molecule is Cc1[nH]nc(S(=O)(=O)N2CCOCC2(C)C)c1CO. The molecule has 1 aliphatic heterocycles. The van der Waals surface area contributed by atoms with Gasteiger partial charge in [-0.25, -0.2) is 8.42 Å². The zero-order valence-electron chi connectivity index (χ0n) is 11.3. The molecule has 1 fully saturated rings. The smallest absolute Gasteiger partial charge is 0.263 e. The van der Waals surface area contributed by atoms with Gasteiger partial charge in [0.25, 0.3) is 10.0 Å². The van der Waals surface area contributed by atoms with Gasteiger partial charge < -0.3 is 9.84 Å². The van der Waals surface area contributed by atoms with E-state index in [9.17, 15) is 13.5 Å². The second-order valence-electron chi connectivity index (χ2n) is 5.23. The molecule has 0 aromatic carbocycles.